The molecule has 0 aliphatic carbocycles. The molecule has 1 amide bonds. The van der Waals surface area contributed by atoms with Gasteiger partial charge in [-0.25, -0.2) is 4.98 Å². The van der Waals surface area contributed by atoms with Crippen LogP contribution in [0.5, 0.6) is 5.75 Å². The minimum atomic E-state index is -0.694. The number of hydrogen-bond donors (Lipinski definition) is 1. The zero-order chi connectivity index (χ0) is 24.8. The maximum absolute atomic E-state index is 13.2. The van der Waals surface area contributed by atoms with E-state index in [0.29, 0.717) is 37.4 Å². The quantitative estimate of drug-likeness (QED) is 0.163. The van der Waals surface area contributed by atoms with Crippen LogP contribution in [0.15, 0.2) is 77.3 Å². The number of ether oxygens (including phenoxy) is 1. The predicted molar refractivity (Wildman–Crippen MR) is 137 cm³/mol. The van der Waals surface area contributed by atoms with Crippen LogP contribution in [0.2, 0.25) is 0 Å². The Morgan fingerprint density at radius 2 is 1.94 bits per heavy atom. The summed E-state index contributed by atoms with van der Waals surface area (Å²) < 4.78 is 8.52. The molecule has 7 nitrogen and oxygen atoms in total. The monoisotopic (exact) mass is 537 g/mol. The molecule has 0 spiro atoms. The van der Waals surface area contributed by atoms with Crippen LogP contribution in [0.1, 0.15) is 43.4 Å². The highest BCUT2D eigenvalue weighted by atomic mass is 79.9. The SMILES string of the molecule is CCCCOc1cccc(/C(O)=C2\C(=O)C(=O)N(CCCn3ccnc3)C2c2cccc(Br)c2)c1. The lowest BCUT2D eigenvalue weighted by Gasteiger charge is -2.25. The third-order valence-electron chi connectivity index (χ3n) is 5.95. The number of rotatable bonds is 10. The number of hydrogen-bond acceptors (Lipinski definition) is 5. The van der Waals surface area contributed by atoms with Gasteiger partial charge in [-0.2, -0.15) is 0 Å². The van der Waals surface area contributed by atoms with Crippen molar-refractivity contribution in [2.75, 3.05) is 13.2 Å². The summed E-state index contributed by atoms with van der Waals surface area (Å²) in [5.41, 5.74) is 1.27. The zero-order valence-corrected chi connectivity index (χ0v) is 21.1. The molecule has 1 aliphatic rings. The molecule has 1 N–H and O–H groups in total. The Labute approximate surface area is 213 Å². The number of amides is 1. The van der Waals surface area contributed by atoms with Crippen LogP contribution >= 0.6 is 15.9 Å². The van der Waals surface area contributed by atoms with E-state index in [0.717, 1.165) is 22.9 Å². The van der Waals surface area contributed by atoms with Crippen molar-refractivity contribution < 1.29 is 19.4 Å². The van der Waals surface area contributed by atoms with Crippen molar-refractivity contribution in [2.45, 2.75) is 38.8 Å². The molecular weight excluding hydrogens is 510 g/mol. The van der Waals surface area contributed by atoms with Gasteiger partial charge in [0.25, 0.3) is 11.7 Å². The third kappa shape index (κ3) is 5.65. The number of benzene rings is 2. The van der Waals surface area contributed by atoms with E-state index < -0.39 is 17.7 Å². The summed E-state index contributed by atoms with van der Waals surface area (Å²) in [6.45, 7) is 3.67. The first-order valence-corrected chi connectivity index (χ1v) is 12.5. The highest BCUT2D eigenvalue weighted by Gasteiger charge is 2.45. The van der Waals surface area contributed by atoms with Crippen LogP contribution in [0.3, 0.4) is 0 Å². The lowest BCUT2D eigenvalue weighted by atomic mass is 9.95. The molecule has 8 heteroatoms. The summed E-state index contributed by atoms with van der Waals surface area (Å²) in [5, 5.41) is 11.3. The Kier molecular flexibility index (Phi) is 8.02. The summed E-state index contributed by atoms with van der Waals surface area (Å²) in [7, 11) is 0. The number of aromatic nitrogens is 2. The number of aliphatic hydroxyl groups excluding tert-OH is 1. The topological polar surface area (TPSA) is 84.7 Å². The van der Waals surface area contributed by atoms with E-state index in [1.54, 1.807) is 35.6 Å². The van der Waals surface area contributed by atoms with Crippen molar-refractivity contribution in [2.24, 2.45) is 0 Å². The molecule has 2 aromatic carbocycles. The molecule has 0 bridgehead atoms. The van der Waals surface area contributed by atoms with E-state index in [-0.39, 0.29) is 11.3 Å². The van der Waals surface area contributed by atoms with Crippen molar-refractivity contribution >= 4 is 33.4 Å². The van der Waals surface area contributed by atoms with E-state index >= 15 is 0 Å². The van der Waals surface area contributed by atoms with Crippen LogP contribution < -0.4 is 4.74 Å². The smallest absolute Gasteiger partial charge is 0.295 e. The lowest BCUT2D eigenvalue weighted by molar-refractivity contribution is -0.139. The molecular formula is C27H28BrN3O4. The summed E-state index contributed by atoms with van der Waals surface area (Å²) in [4.78, 5) is 31.9. The fraction of sp³-hybridized carbons (Fsp3) is 0.296. The number of carbonyl (C=O) groups is 2. The van der Waals surface area contributed by atoms with E-state index in [1.165, 1.54) is 0 Å². The summed E-state index contributed by atoms with van der Waals surface area (Å²) >= 11 is 3.49. The number of ketones is 1. The summed E-state index contributed by atoms with van der Waals surface area (Å²) in [6.07, 6.45) is 7.84. The van der Waals surface area contributed by atoms with Gasteiger partial charge in [0.15, 0.2) is 0 Å². The molecule has 182 valence electrons. The van der Waals surface area contributed by atoms with Crippen LogP contribution in [0.25, 0.3) is 5.76 Å². The molecule has 1 unspecified atom stereocenters. The molecule has 0 radical (unpaired) electrons. The van der Waals surface area contributed by atoms with E-state index in [2.05, 4.69) is 27.8 Å². The summed E-state index contributed by atoms with van der Waals surface area (Å²) in [5.74, 6) is -0.896. The maximum atomic E-state index is 13.2. The number of imidazole rings is 1. The van der Waals surface area contributed by atoms with Gasteiger partial charge in [-0.05, 0) is 42.7 Å². The molecule has 2 heterocycles. The average Bonchev–Trinajstić information content (AvgIpc) is 3.46. The van der Waals surface area contributed by atoms with Gasteiger partial charge in [-0.1, -0.05) is 53.5 Å². The molecule has 3 aromatic rings. The van der Waals surface area contributed by atoms with Crippen LogP contribution in [-0.2, 0) is 16.1 Å². The summed E-state index contributed by atoms with van der Waals surface area (Å²) in [6, 6.07) is 13.8. The highest BCUT2D eigenvalue weighted by Crippen LogP contribution is 2.40. The fourth-order valence-corrected chi connectivity index (χ4v) is 4.62. The van der Waals surface area contributed by atoms with Crippen LogP contribution in [0, 0.1) is 0 Å². The molecule has 0 saturated carbocycles. The lowest BCUT2D eigenvalue weighted by Crippen LogP contribution is -2.31. The molecule has 1 saturated heterocycles. The molecule has 1 aromatic heterocycles. The number of carbonyl (C=O) groups excluding carboxylic acids is 2. The van der Waals surface area contributed by atoms with Gasteiger partial charge in [0, 0.05) is 35.5 Å². The largest absolute Gasteiger partial charge is 0.507 e. The van der Waals surface area contributed by atoms with Crippen molar-refractivity contribution in [3.63, 3.8) is 0 Å². The Morgan fingerprint density at radius 3 is 2.69 bits per heavy atom. The van der Waals surface area contributed by atoms with Gasteiger partial charge in [0.2, 0.25) is 0 Å². The number of unbranched alkanes of at least 4 members (excludes halogenated alkanes) is 1. The molecule has 4 rings (SSSR count). The standard InChI is InChI=1S/C27H28BrN3O4/c1-2-3-15-35-22-10-5-8-20(17-22)25(32)23-24(19-7-4-9-21(28)16-19)31(27(34)26(23)33)13-6-12-30-14-11-29-18-30/h4-5,7-11,14,16-18,24,32H,2-3,6,12-13,15H2,1H3/b25-23+. The number of nitrogens with zero attached hydrogens (tertiary/aromatic N) is 3. The minimum absolute atomic E-state index is 0.0847. The zero-order valence-electron chi connectivity index (χ0n) is 19.6. The Hall–Kier alpha value is -3.39. The number of halogens is 1. The second kappa shape index (κ2) is 11.4. The highest BCUT2D eigenvalue weighted by molar-refractivity contribution is 9.10. The second-order valence-electron chi connectivity index (χ2n) is 8.43. The minimum Gasteiger partial charge on any atom is -0.507 e. The second-order valence-corrected chi connectivity index (χ2v) is 9.35. The first kappa shape index (κ1) is 24.7. The van der Waals surface area contributed by atoms with Crippen molar-refractivity contribution in [1.82, 2.24) is 14.5 Å². The average molecular weight is 538 g/mol. The first-order chi connectivity index (χ1) is 17.0. The van der Waals surface area contributed by atoms with Gasteiger partial charge in [0.1, 0.15) is 11.5 Å². The van der Waals surface area contributed by atoms with Crippen molar-refractivity contribution in [1.29, 1.82) is 0 Å². The number of Topliss-reactive ketones (excluding diaryl/α,β-unsaturated/α-hetero) is 1. The van der Waals surface area contributed by atoms with Crippen LogP contribution in [-0.4, -0.2) is 44.4 Å². The number of aliphatic hydroxyl groups is 1. The van der Waals surface area contributed by atoms with Crippen molar-refractivity contribution in [3.05, 3.63) is 88.4 Å². The van der Waals surface area contributed by atoms with E-state index in [4.69, 9.17) is 4.74 Å². The Balaban J connectivity index is 1.69. The maximum Gasteiger partial charge on any atom is 0.295 e. The fourth-order valence-electron chi connectivity index (χ4n) is 4.20. The van der Waals surface area contributed by atoms with Crippen LogP contribution in [0.4, 0.5) is 0 Å². The number of likely N-dealkylation sites (tertiary alicyclic amines) is 1. The van der Waals surface area contributed by atoms with E-state index in [9.17, 15) is 14.7 Å². The Bertz CT molecular complexity index is 1220. The predicted octanol–water partition coefficient (Wildman–Crippen LogP) is 5.34. The first-order valence-electron chi connectivity index (χ1n) is 11.7. The van der Waals surface area contributed by atoms with Gasteiger partial charge in [-0.3, -0.25) is 9.59 Å². The van der Waals surface area contributed by atoms with Crippen molar-refractivity contribution in [3.8, 4) is 5.75 Å². The third-order valence-corrected chi connectivity index (χ3v) is 6.45. The number of aryl methyl sites for hydroxylation is 1. The van der Waals surface area contributed by atoms with E-state index in [1.807, 2.05) is 41.1 Å². The molecule has 1 atom stereocenters. The molecule has 1 fully saturated rings. The molecule has 35 heavy (non-hydrogen) atoms. The Morgan fingerprint density at radius 1 is 1.11 bits per heavy atom. The normalized spacial score (nSPS) is 17.2. The molecule has 1 aliphatic heterocycles. The van der Waals surface area contributed by atoms with Gasteiger partial charge < -0.3 is 19.3 Å². The van der Waals surface area contributed by atoms with Gasteiger partial charge >= 0.3 is 0 Å². The van der Waals surface area contributed by atoms with Gasteiger partial charge in [-0.15, -0.1) is 0 Å². The van der Waals surface area contributed by atoms with Gasteiger partial charge in [0.05, 0.1) is 24.5 Å².